The van der Waals surface area contributed by atoms with Gasteiger partial charge in [0.25, 0.3) is 0 Å². The van der Waals surface area contributed by atoms with Crippen molar-refractivity contribution in [1.82, 2.24) is 0 Å². The zero-order valence-electron chi connectivity index (χ0n) is 6.46. The second-order valence-corrected chi connectivity index (χ2v) is 4.75. The molecule has 0 aliphatic carbocycles. The molecule has 1 rings (SSSR count). The first-order valence-electron chi connectivity index (χ1n) is 3.32. The van der Waals surface area contributed by atoms with Gasteiger partial charge in [0.2, 0.25) is 0 Å². The van der Waals surface area contributed by atoms with E-state index in [9.17, 15) is 0 Å². The van der Waals surface area contributed by atoms with Gasteiger partial charge in [-0.25, -0.2) is 0 Å². The maximum absolute atomic E-state index is 2.21. The third-order valence-corrected chi connectivity index (χ3v) is 1.73. The fraction of sp³-hybridized carbons (Fsp3) is 0.250. The first-order valence-corrected chi connectivity index (χ1v) is 7.05. The topological polar surface area (TPSA) is 0 Å². The summed E-state index contributed by atoms with van der Waals surface area (Å²) in [6.45, 7) is 4.42. The first-order chi connectivity index (χ1) is 4.81. The van der Waals surface area contributed by atoms with Gasteiger partial charge in [0, 0.05) is 9.52 Å². The van der Waals surface area contributed by atoms with Crippen molar-refractivity contribution in [3.8, 4) is 0 Å². The fourth-order valence-corrected chi connectivity index (χ4v) is 0.987. The van der Waals surface area contributed by atoms with Crippen molar-refractivity contribution < 1.29 is 0 Å². The molecule has 0 spiro atoms. The van der Waals surface area contributed by atoms with E-state index >= 15 is 0 Å². The molecule has 0 N–H and O–H groups in total. The van der Waals surface area contributed by atoms with Crippen LogP contribution < -0.4 is 3.58 Å². The Bertz CT molecular complexity index is 151. The van der Waals surface area contributed by atoms with E-state index in [1.54, 1.807) is 0 Å². The molecule has 0 aliphatic heterocycles. The van der Waals surface area contributed by atoms with Gasteiger partial charge < -0.3 is 0 Å². The molecule has 4 radical (unpaired) electrons. The maximum atomic E-state index is 2.21. The molecule has 52 valence electrons. The van der Waals surface area contributed by atoms with Crippen LogP contribution >= 0.6 is 0 Å². The Balaban J connectivity index is 0.000000236. The third-order valence-electron chi connectivity index (χ3n) is 0.774. The van der Waals surface area contributed by atoms with Gasteiger partial charge in [-0.3, -0.25) is 0 Å². The number of hydrogen-bond acceptors (Lipinski definition) is 0. The standard InChI is InChI=1S/C6H5.C2H7Si.Sn/c1-2-4-6-5-3-1;1-3-2;/h1-5H;3H,1-2H3;. The summed E-state index contributed by atoms with van der Waals surface area (Å²) in [5.41, 5.74) is 0. The molecule has 1 aromatic rings. The molecule has 0 aromatic heterocycles. The molecule has 2 heteroatoms. The molecular weight excluding hydrogens is 243 g/mol. The van der Waals surface area contributed by atoms with E-state index in [-0.39, 0.29) is 0 Å². The molecule has 0 nitrogen and oxygen atoms in total. The molecule has 1 aromatic carbocycles. The molecule has 0 fully saturated rings. The van der Waals surface area contributed by atoms with Crippen molar-refractivity contribution in [3.63, 3.8) is 0 Å². The summed E-state index contributed by atoms with van der Waals surface area (Å²) in [6, 6.07) is 10.4. The average molecular weight is 255 g/mol. The van der Waals surface area contributed by atoms with Crippen LogP contribution in [0.15, 0.2) is 30.3 Å². The number of rotatable bonds is 0. The van der Waals surface area contributed by atoms with E-state index in [4.69, 9.17) is 0 Å². The summed E-state index contributed by atoms with van der Waals surface area (Å²) in [5, 5.41) is 0. The van der Waals surface area contributed by atoms with Crippen molar-refractivity contribution in [2.75, 3.05) is 0 Å². The van der Waals surface area contributed by atoms with E-state index in [0.29, 0.717) is 0 Å². The SMILES string of the molecule is C[SiH]C.[Sn][c]1ccccc1. The summed E-state index contributed by atoms with van der Waals surface area (Å²) < 4.78 is 1.41. The molecule has 0 aliphatic rings. The van der Waals surface area contributed by atoms with Gasteiger partial charge in [-0.1, -0.05) is 13.1 Å². The molecular formula is C8H12SiSn. The van der Waals surface area contributed by atoms with Crippen molar-refractivity contribution in [1.29, 1.82) is 0 Å². The van der Waals surface area contributed by atoms with Crippen LogP contribution in [0.4, 0.5) is 0 Å². The van der Waals surface area contributed by atoms with Crippen molar-refractivity contribution >= 4 is 35.6 Å². The second kappa shape index (κ2) is 7.34. The Kier molecular flexibility index (Phi) is 7.52. The molecule has 0 atom stereocenters. The van der Waals surface area contributed by atoms with Crippen LogP contribution in [-0.4, -0.2) is 32.0 Å². The molecule has 0 unspecified atom stereocenters. The Morgan fingerprint density at radius 1 is 1.10 bits per heavy atom. The Morgan fingerprint density at radius 2 is 1.50 bits per heavy atom. The van der Waals surface area contributed by atoms with Gasteiger partial charge in [0.1, 0.15) is 0 Å². The van der Waals surface area contributed by atoms with Crippen LogP contribution in [0.25, 0.3) is 0 Å². The van der Waals surface area contributed by atoms with Crippen molar-refractivity contribution in [3.05, 3.63) is 30.3 Å². The molecule has 0 saturated heterocycles. The average Bonchev–Trinajstić information content (AvgIpc) is 1.91. The Hall–Kier alpha value is 0.236. The normalized spacial score (nSPS) is 7.90. The van der Waals surface area contributed by atoms with Crippen molar-refractivity contribution in [2.24, 2.45) is 0 Å². The van der Waals surface area contributed by atoms with Crippen LogP contribution in [0.1, 0.15) is 0 Å². The molecule has 0 amide bonds. The molecule has 0 heterocycles. The zero-order chi connectivity index (χ0) is 7.82. The quantitative estimate of drug-likeness (QED) is 0.607. The van der Waals surface area contributed by atoms with Crippen LogP contribution in [-0.2, 0) is 0 Å². The number of benzene rings is 1. The summed E-state index contributed by atoms with van der Waals surface area (Å²) in [4.78, 5) is 0. The minimum absolute atomic E-state index is 0.750. The first kappa shape index (κ1) is 10.2. The van der Waals surface area contributed by atoms with Crippen LogP contribution in [0.5, 0.6) is 0 Å². The predicted octanol–water partition coefficient (Wildman–Crippen LogP) is 0.999. The predicted molar refractivity (Wildman–Crippen MR) is 50.7 cm³/mol. The molecule has 10 heavy (non-hydrogen) atoms. The summed E-state index contributed by atoms with van der Waals surface area (Å²) in [5.74, 6) is 0. The van der Waals surface area contributed by atoms with E-state index in [1.807, 2.05) is 6.07 Å². The fourth-order valence-electron chi connectivity index (χ4n) is 0.438. The Morgan fingerprint density at radius 3 is 1.70 bits per heavy atom. The van der Waals surface area contributed by atoms with Crippen LogP contribution in [0.2, 0.25) is 13.1 Å². The summed E-state index contributed by atoms with van der Waals surface area (Å²) in [7, 11) is 0.750. The molecule has 0 bridgehead atoms. The monoisotopic (exact) mass is 256 g/mol. The van der Waals surface area contributed by atoms with Crippen molar-refractivity contribution in [2.45, 2.75) is 13.1 Å². The second-order valence-electron chi connectivity index (χ2n) is 1.94. The third kappa shape index (κ3) is 6.36. The Labute approximate surface area is 79.0 Å². The van der Waals surface area contributed by atoms with Gasteiger partial charge in [-0.15, -0.1) is 0 Å². The summed E-state index contributed by atoms with van der Waals surface area (Å²) in [6.07, 6.45) is 0. The van der Waals surface area contributed by atoms with Crippen LogP contribution in [0.3, 0.4) is 0 Å². The van der Waals surface area contributed by atoms with Gasteiger partial charge in [0.05, 0.1) is 0 Å². The van der Waals surface area contributed by atoms with Gasteiger partial charge in [-0.2, -0.15) is 0 Å². The minimum atomic E-state index is 0.750. The van der Waals surface area contributed by atoms with Gasteiger partial charge >= 0.3 is 56.4 Å². The van der Waals surface area contributed by atoms with E-state index in [0.717, 1.165) is 9.52 Å². The van der Waals surface area contributed by atoms with E-state index in [2.05, 4.69) is 37.4 Å². The zero-order valence-corrected chi connectivity index (χ0v) is 10.5. The van der Waals surface area contributed by atoms with Gasteiger partial charge in [-0.05, 0) is 0 Å². The van der Waals surface area contributed by atoms with Gasteiger partial charge in [0.15, 0.2) is 0 Å². The van der Waals surface area contributed by atoms with Crippen LogP contribution in [0, 0.1) is 0 Å². The van der Waals surface area contributed by atoms with E-state index < -0.39 is 0 Å². The molecule has 0 saturated carbocycles. The van der Waals surface area contributed by atoms with E-state index in [1.165, 1.54) is 26.1 Å². The number of hydrogen-bond donors (Lipinski definition) is 0. The summed E-state index contributed by atoms with van der Waals surface area (Å²) >= 11 is 1.49.